The molecule has 0 atom stereocenters. The van der Waals surface area contributed by atoms with Gasteiger partial charge in [-0.3, -0.25) is 9.59 Å². The van der Waals surface area contributed by atoms with Crippen LogP contribution in [0.15, 0.2) is 46.8 Å². The second-order valence-corrected chi connectivity index (χ2v) is 8.25. The highest BCUT2D eigenvalue weighted by molar-refractivity contribution is 7.99. The quantitative estimate of drug-likeness (QED) is 0.376. The zero-order chi connectivity index (χ0) is 21.9. The number of ether oxygens (including phenoxy) is 1. The van der Waals surface area contributed by atoms with Crippen LogP contribution in [0, 0.1) is 0 Å². The minimum Gasteiger partial charge on any atom is -0.469 e. The fourth-order valence-electron chi connectivity index (χ4n) is 2.66. The summed E-state index contributed by atoms with van der Waals surface area (Å²) in [7, 11) is 2.89. The van der Waals surface area contributed by atoms with Crippen molar-refractivity contribution in [3.05, 3.63) is 52.9 Å². The van der Waals surface area contributed by atoms with Crippen molar-refractivity contribution in [1.29, 1.82) is 0 Å². The van der Waals surface area contributed by atoms with Gasteiger partial charge in [0, 0.05) is 18.2 Å². The van der Waals surface area contributed by atoms with Crippen LogP contribution in [-0.4, -0.2) is 36.8 Å². The monoisotopic (exact) mass is 454 g/mol. The molecule has 0 N–H and O–H groups in total. The standard InChI is InChI=1S/C20H17F3N2O3S2/c1-25(16-4-3-8-29-16)19(27)14-10-12-5-6-13(20(21,22)23)11-15(12)24-18(14)30-9-7-17(26)28-2/h3-6,8,10-11H,7,9H2,1-2H3. The van der Waals surface area contributed by atoms with Crippen LogP contribution in [0.1, 0.15) is 22.3 Å². The SMILES string of the molecule is COC(=O)CCSc1nc2cc(C(F)(F)F)ccc2cc1C(=O)N(C)c1cccs1. The number of amides is 1. The maximum absolute atomic E-state index is 13.1. The lowest BCUT2D eigenvalue weighted by Gasteiger charge is -2.18. The average molecular weight is 454 g/mol. The number of alkyl halides is 3. The number of fused-ring (bicyclic) bond motifs is 1. The van der Waals surface area contributed by atoms with E-state index in [1.165, 1.54) is 35.5 Å². The Kier molecular flexibility index (Phi) is 6.67. The van der Waals surface area contributed by atoms with Crippen molar-refractivity contribution in [2.24, 2.45) is 0 Å². The fraction of sp³-hybridized carbons (Fsp3) is 0.250. The van der Waals surface area contributed by atoms with Crippen LogP contribution in [-0.2, 0) is 15.7 Å². The van der Waals surface area contributed by atoms with E-state index in [4.69, 9.17) is 0 Å². The van der Waals surface area contributed by atoms with Crippen molar-refractivity contribution in [2.45, 2.75) is 17.6 Å². The molecule has 158 valence electrons. The Hall–Kier alpha value is -2.59. The summed E-state index contributed by atoms with van der Waals surface area (Å²) in [5, 5.41) is 3.24. The van der Waals surface area contributed by atoms with Crippen molar-refractivity contribution in [1.82, 2.24) is 4.98 Å². The molecule has 3 rings (SSSR count). The molecular weight excluding hydrogens is 437 g/mol. The molecule has 0 radical (unpaired) electrons. The van der Waals surface area contributed by atoms with E-state index in [0.29, 0.717) is 5.39 Å². The molecule has 1 amide bonds. The molecule has 0 unspecified atom stereocenters. The lowest BCUT2D eigenvalue weighted by molar-refractivity contribution is -0.140. The van der Waals surface area contributed by atoms with E-state index in [-0.39, 0.29) is 34.2 Å². The van der Waals surface area contributed by atoms with Crippen molar-refractivity contribution in [3.8, 4) is 0 Å². The van der Waals surface area contributed by atoms with E-state index in [1.54, 1.807) is 13.1 Å². The molecule has 0 saturated heterocycles. The second-order valence-electron chi connectivity index (χ2n) is 6.24. The first-order valence-corrected chi connectivity index (χ1v) is 10.6. The number of nitrogens with zero attached hydrogens (tertiary/aromatic N) is 2. The molecule has 30 heavy (non-hydrogen) atoms. The third-order valence-corrected chi connectivity index (χ3v) is 6.19. The minimum absolute atomic E-state index is 0.0812. The second kappa shape index (κ2) is 9.05. The van der Waals surface area contributed by atoms with Gasteiger partial charge in [0.1, 0.15) is 5.03 Å². The predicted octanol–water partition coefficient (Wildman–Crippen LogP) is 5.25. The summed E-state index contributed by atoms with van der Waals surface area (Å²) in [5.74, 6) is -0.494. The van der Waals surface area contributed by atoms with E-state index < -0.39 is 17.7 Å². The molecule has 0 aliphatic rings. The van der Waals surface area contributed by atoms with Gasteiger partial charge in [0.25, 0.3) is 5.91 Å². The fourth-order valence-corrected chi connectivity index (χ4v) is 4.29. The smallest absolute Gasteiger partial charge is 0.416 e. The van der Waals surface area contributed by atoms with Crippen molar-refractivity contribution < 1.29 is 27.5 Å². The molecule has 0 fully saturated rings. The third kappa shape index (κ3) is 4.93. The average Bonchev–Trinajstić information content (AvgIpc) is 3.25. The zero-order valence-corrected chi connectivity index (χ0v) is 17.7. The van der Waals surface area contributed by atoms with Crippen LogP contribution in [0.5, 0.6) is 0 Å². The number of anilines is 1. The van der Waals surface area contributed by atoms with E-state index in [1.807, 2.05) is 11.4 Å². The van der Waals surface area contributed by atoms with E-state index in [2.05, 4.69) is 9.72 Å². The van der Waals surface area contributed by atoms with Crippen LogP contribution < -0.4 is 4.90 Å². The minimum atomic E-state index is -4.50. The summed E-state index contributed by atoms with van der Waals surface area (Å²) in [6.07, 6.45) is -4.42. The van der Waals surface area contributed by atoms with E-state index in [0.717, 1.165) is 28.9 Å². The molecule has 2 heterocycles. The number of rotatable bonds is 6. The molecule has 3 aromatic rings. The number of halogens is 3. The Morgan fingerprint density at radius 2 is 2.00 bits per heavy atom. The molecule has 0 bridgehead atoms. The first kappa shape index (κ1) is 22.1. The van der Waals surface area contributed by atoms with Gasteiger partial charge in [0.15, 0.2) is 0 Å². The van der Waals surface area contributed by atoms with Gasteiger partial charge in [0.2, 0.25) is 0 Å². The van der Waals surface area contributed by atoms with E-state index >= 15 is 0 Å². The summed E-state index contributed by atoms with van der Waals surface area (Å²) in [6, 6.07) is 8.36. The molecule has 0 saturated carbocycles. The Bertz CT molecular complexity index is 1070. The van der Waals surface area contributed by atoms with E-state index in [9.17, 15) is 22.8 Å². The number of aromatic nitrogens is 1. The molecule has 2 aromatic heterocycles. The van der Waals surface area contributed by atoms with Crippen molar-refractivity contribution >= 4 is 50.9 Å². The van der Waals surface area contributed by atoms with Gasteiger partial charge < -0.3 is 9.64 Å². The van der Waals surface area contributed by atoms with Crippen molar-refractivity contribution in [3.63, 3.8) is 0 Å². The summed E-state index contributed by atoms with van der Waals surface area (Å²) >= 11 is 2.51. The number of methoxy groups -OCH3 is 1. The van der Waals surface area contributed by atoms with Gasteiger partial charge in [-0.25, -0.2) is 4.98 Å². The van der Waals surface area contributed by atoms with Crippen LogP contribution in [0.3, 0.4) is 0 Å². The highest BCUT2D eigenvalue weighted by Crippen LogP contribution is 2.33. The predicted molar refractivity (Wildman–Crippen MR) is 111 cm³/mol. The molecule has 5 nitrogen and oxygen atoms in total. The van der Waals surface area contributed by atoms with Gasteiger partial charge in [-0.05, 0) is 35.7 Å². The summed E-state index contributed by atoms with van der Waals surface area (Å²) in [6.45, 7) is 0. The molecular formula is C20H17F3N2O3S2. The van der Waals surface area contributed by atoms with Gasteiger partial charge >= 0.3 is 12.1 Å². The number of thioether (sulfide) groups is 1. The normalized spacial score (nSPS) is 11.5. The van der Waals surface area contributed by atoms with Crippen LogP contribution in [0.4, 0.5) is 18.2 Å². The summed E-state index contributed by atoms with van der Waals surface area (Å²) < 4.78 is 43.8. The Labute approximate surface area is 178 Å². The topological polar surface area (TPSA) is 59.5 Å². The molecule has 0 aliphatic carbocycles. The number of thiophene rings is 1. The van der Waals surface area contributed by atoms with Crippen LogP contribution >= 0.6 is 23.1 Å². The Morgan fingerprint density at radius 1 is 1.23 bits per heavy atom. The first-order chi connectivity index (χ1) is 14.2. The molecule has 0 spiro atoms. The highest BCUT2D eigenvalue weighted by Gasteiger charge is 2.31. The first-order valence-electron chi connectivity index (χ1n) is 8.74. The number of benzene rings is 1. The highest BCUT2D eigenvalue weighted by atomic mass is 32.2. The Balaban J connectivity index is 2.02. The number of esters is 1. The summed E-state index contributed by atoms with van der Waals surface area (Å²) in [5.41, 5.74) is -0.434. The van der Waals surface area contributed by atoms with Crippen LogP contribution in [0.25, 0.3) is 10.9 Å². The molecule has 1 aromatic carbocycles. The van der Waals surface area contributed by atoms with Crippen molar-refractivity contribution in [2.75, 3.05) is 24.8 Å². The molecule has 0 aliphatic heterocycles. The maximum Gasteiger partial charge on any atom is 0.416 e. The molecule has 10 heteroatoms. The van der Waals surface area contributed by atoms with Crippen LogP contribution in [0.2, 0.25) is 0 Å². The third-order valence-electron chi connectivity index (χ3n) is 4.25. The number of hydrogen-bond acceptors (Lipinski definition) is 6. The summed E-state index contributed by atoms with van der Waals surface area (Å²) in [4.78, 5) is 30.3. The van der Waals surface area contributed by atoms with Gasteiger partial charge in [-0.15, -0.1) is 23.1 Å². The number of hydrogen-bond donors (Lipinski definition) is 0. The maximum atomic E-state index is 13.1. The number of carbonyl (C=O) groups excluding carboxylic acids is 2. The van der Waals surface area contributed by atoms with Gasteiger partial charge in [-0.1, -0.05) is 6.07 Å². The largest absolute Gasteiger partial charge is 0.469 e. The Morgan fingerprint density at radius 3 is 2.63 bits per heavy atom. The lowest BCUT2D eigenvalue weighted by atomic mass is 10.1. The zero-order valence-electron chi connectivity index (χ0n) is 16.0. The van der Waals surface area contributed by atoms with Gasteiger partial charge in [0.05, 0.1) is 35.2 Å². The lowest BCUT2D eigenvalue weighted by Crippen LogP contribution is -2.26. The number of carbonyl (C=O) groups is 2. The van der Waals surface area contributed by atoms with Gasteiger partial charge in [-0.2, -0.15) is 13.2 Å². The number of pyridine rings is 1.